The third-order valence-electron chi connectivity index (χ3n) is 3.85. The molecule has 1 aliphatic heterocycles. The number of nitrogens with one attached hydrogen (secondary N) is 1. The van der Waals surface area contributed by atoms with Crippen molar-refractivity contribution in [2.75, 3.05) is 0 Å². The van der Waals surface area contributed by atoms with Crippen molar-refractivity contribution in [1.29, 1.82) is 5.26 Å². The maximum atomic E-state index is 12.1. The Hall–Kier alpha value is -2.42. The van der Waals surface area contributed by atoms with Gasteiger partial charge in [0.15, 0.2) is 0 Å². The molecule has 6 heteroatoms. The second kappa shape index (κ2) is 5.29. The first kappa shape index (κ1) is 14.0. The lowest BCUT2D eigenvalue weighted by atomic mass is 9.91. The number of hydrogen-bond acceptors (Lipinski definition) is 4. The van der Waals surface area contributed by atoms with Crippen LogP contribution in [0.3, 0.4) is 0 Å². The van der Waals surface area contributed by atoms with Gasteiger partial charge in [-0.1, -0.05) is 13.8 Å². The Labute approximate surface area is 117 Å². The minimum absolute atomic E-state index is 0.248. The first-order valence-electron chi connectivity index (χ1n) is 6.55. The topological polar surface area (TPSA) is 86.1 Å². The lowest BCUT2D eigenvalue weighted by Gasteiger charge is -2.33. The zero-order valence-corrected chi connectivity index (χ0v) is 11.5. The number of nitrogens with zero attached hydrogens (tertiary/aromatic N) is 3. The normalized spacial score (nSPS) is 16.9. The van der Waals surface area contributed by atoms with E-state index < -0.39 is 5.54 Å². The summed E-state index contributed by atoms with van der Waals surface area (Å²) in [5.41, 5.74) is 0.285. The summed E-state index contributed by atoms with van der Waals surface area (Å²) in [4.78, 5) is 29.5. The lowest BCUT2D eigenvalue weighted by molar-refractivity contribution is -0.127. The van der Waals surface area contributed by atoms with Crippen molar-refractivity contribution in [3.8, 4) is 6.07 Å². The molecule has 1 N–H and O–H groups in total. The van der Waals surface area contributed by atoms with Gasteiger partial charge in [0.1, 0.15) is 17.3 Å². The van der Waals surface area contributed by atoms with Gasteiger partial charge in [0.25, 0.3) is 5.91 Å². The fourth-order valence-electron chi connectivity index (χ4n) is 2.59. The average Bonchev–Trinajstić information content (AvgIpc) is 2.70. The first-order chi connectivity index (χ1) is 9.57. The summed E-state index contributed by atoms with van der Waals surface area (Å²) < 4.78 is 0. The van der Waals surface area contributed by atoms with E-state index in [1.165, 1.54) is 6.20 Å². The molecule has 3 amide bonds. The summed E-state index contributed by atoms with van der Waals surface area (Å²) in [6, 6.07) is 4.96. The van der Waals surface area contributed by atoms with Crippen molar-refractivity contribution in [1.82, 2.24) is 15.2 Å². The Morgan fingerprint density at radius 1 is 1.40 bits per heavy atom. The third-order valence-corrected chi connectivity index (χ3v) is 3.85. The van der Waals surface area contributed by atoms with Crippen molar-refractivity contribution in [2.45, 2.75) is 38.8 Å². The molecule has 104 valence electrons. The van der Waals surface area contributed by atoms with E-state index in [-0.39, 0.29) is 18.5 Å². The van der Waals surface area contributed by atoms with E-state index in [4.69, 9.17) is 5.26 Å². The van der Waals surface area contributed by atoms with Crippen molar-refractivity contribution >= 4 is 11.9 Å². The summed E-state index contributed by atoms with van der Waals surface area (Å²) in [6.45, 7) is 4.07. The minimum Gasteiger partial charge on any atom is -0.305 e. The molecule has 0 spiro atoms. The predicted octanol–water partition coefficient (Wildman–Crippen LogP) is 1.56. The molecule has 20 heavy (non-hydrogen) atoms. The van der Waals surface area contributed by atoms with Crippen LogP contribution in [-0.2, 0) is 11.3 Å². The molecule has 0 aromatic carbocycles. The Morgan fingerprint density at radius 2 is 2.10 bits per heavy atom. The standard InChI is InChI=1S/C14H16N4O2/c1-3-14(4-2)12(19)17-13(20)18(14)9-10-5-6-16-11(7-10)8-15/h5-7H,3-4,9H2,1-2H3,(H,17,19,20). The maximum Gasteiger partial charge on any atom is 0.325 e. The van der Waals surface area contributed by atoms with Crippen LogP contribution in [0.15, 0.2) is 18.3 Å². The number of amides is 3. The van der Waals surface area contributed by atoms with Gasteiger partial charge in [0.2, 0.25) is 0 Å². The number of hydrogen-bond donors (Lipinski definition) is 1. The van der Waals surface area contributed by atoms with Gasteiger partial charge >= 0.3 is 6.03 Å². The molecule has 0 unspecified atom stereocenters. The molecule has 2 heterocycles. The van der Waals surface area contributed by atoms with Crippen LogP contribution >= 0.6 is 0 Å². The molecule has 1 saturated heterocycles. The number of nitriles is 1. The highest BCUT2D eigenvalue weighted by atomic mass is 16.2. The summed E-state index contributed by atoms with van der Waals surface area (Å²) >= 11 is 0. The summed E-state index contributed by atoms with van der Waals surface area (Å²) in [5, 5.41) is 11.2. The van der Waals surface area contributed by atoms with Gasteiger partial charge in [-0.3, -0.25) is 10.1 Å². The predicted molar refractivity (Wildman–Crippen MR) is 71.3 cm³/mol. The molecule has 1 aromatic heterocycles. The van der Waals surface area contributed by atoms with Crippen molar-refractivity contribution in [2.24, 2.45) is 0 Å². The van der Waals surface area contributed by atoms with E-state index in [1.807, 2.05) is 19.9 Å². The summed E-state index contributed by atoms with van der Waals surface area (Å²) in [6.07, 6.45) is 2.64. The summed E-state index contributed by atoms with van der Waals surface area (Å²) in [7, 11) is 0. The van der Waals surface area contributed by atoms with E-state index in [0.29, 0.717) is 18.5 Å². The van der Waals surface area contributed by atoms with Crippen LogP contribution in [0.25, 0.3) is 0 Å². The smallest absolute Gasteiger partial charge is 0.305 e. The molecule has 0 saturated carbocycles. The van der Waals surface area contributed by atoms with Gasteiger partial charge in [-0.25, -0.2) is 9.78 Å². The molecule has 0 aliphatic carbocycles. The molecule has 6 nitrogen and oxygen atoms in total. The van der Waals surface area contributed by atoms with Crippen LogP contribution < -0.4 is 5.32 Å². The quantitative estimate of drug-likeness (QED) is 0.843. The van der Waals surface area contributed by atoms with E-state index in [2.05, 4.69) is 10.3 Å². The van der Waals surface area contributed by atoms with Gasteiger partial charge in [0.05, 0.1) is 0 Å². The van der Waals surface area contributed by atoms with E-state index in [0.717, 1.165) is 5.56 Å². The van der Waals surface area contributed by atoms with Crippen LogP contribution in [0, 0.1) is 11.3 Å². The largest absolute Gasteiger partial charge is 0.325 e. The maximum absolute atomic E-state index is 12.1. The molecule has 2 rings (SSSR count). The van der Waals surface area contributed by atoms with Crippen molar-refractivity contribution < 1.29 is 9.59 Å². The Balaban J connectivity index is 2.33. The number of pyridine rings is 1. The van der Waals surface area contributed by atoms with Crippen molar-refractivity contribution in [3.63, 3.8) is 0 Å². The van der Waals surface area contributed by atoms with Gasteiger partial charge in [0, 0.05) is 12.7 Å². The van der Waals surface area contributed by atoms with E-state index >= 15 is 0 Å². The molecule has 1 fully saturated rings. The second-order valence-electron chi connectivity index (χ2n) is 4.75. The lowest BCUT2D eigenvalue weighted by Crippen LogP contribution is -2.48. The number of carbonyl (C=O) groups excluding carboxylic acids is 2. The van der Waals surface area contributed by atoms with Crippen LogP contribution in [0.1, 0.15) is 37.9 Å². The van der Waals surface area contributed by atoms with Crippen LogP contribution in [0.5, 0.6) is 0 Å². The number of carbonyl (C=O) groups is 2. The van der Waals surface area contributed by atoms with Gasteiger partial charge in [-0.2, -0.15) is 5.26 Å². The highest BCUT2D eigenvalue weighted by Gasteiger charge is 2.50. The van der Waals surface area contributed by atoms with Crippen LogP contribution in [0.4, 0.5) is 4.79 Å². The zero-order chi connectivity index (χ0) is 14.8. The van der Waals surface area contributed by atoms with E-state index in [9.17, 15) is 9.59 Å². The first-order valence-corrected chi connectivity index (χ1v) is 6.55. The fraction of sp³-hybridized carbons (Fsp3) is 0.429. The summed E-state index contributed by atoms with van der Waals surface area (Å²) in [5.74, 6) is -0.248. The monoisotopic (exact) mass is 272 g/mol. The number of aromatic nitrogens is 1. The molecule has 0 atom stereocenters. The Kier molecular flexibility index (Phi) is 3.70. The second-order valence-corrected chi connectivity index (χ2v) is 4.75. The van der Waals surface area contributed by atoms with Crippen molar-refractivity contribution in [3.05, 3.63) is 29.6 Å². The molecule has 1 aliphatic rings. The van der Waals surface area contributed by atoms with E-state index in [1.54, 1.807) is 17.0 Å². The Bertz CT molecular complexity index is 587. The van der Waals surface area contributed by atoms with Crippen LogP contribution in [0.2, 0.25) is 0 Å². The number of imide groups is 1. The Morgan fingerprint density at radius 3 is 2.70 bits per heavy atom. The van der Waals surface area contributed by atoms with Gasteiger partial charge in [-0.15, -0.1) is 0 Å². The molecule has 0 radical (unpaired) electrons. The third kappa shape index (κ3) is 2.11. The number of urea groups is 1. The molecular weight excluding hydrogens is 256 g/mol. The van der Waals surface area contributed by atoms with Gasteiger partial charge in [-0.05, 0) is 30.5 Å². The minimum atomic E-state index is -0.798. The molecule has 1 aromatic rings. The highest BCUT2D eigenvalue weighted by Crippen LogP contribution is 2.30. The zero-order valence-electron chi connectivity index (χ0n) is 11.5. The SMILES string of the molecule is CCC1(CC)C(=O)NC(=O)N1Cc1ccnc(C#N)c1. The average molecular weight is 272 g/mol. The number of rotatable bonds is 4. The highest BCUT2D eigenvalue weighted by molar-refractivity contribution is 6.06. The molecule has 0 bridgehead atoms. The van der Waals surface area contributed by atoms with Gasteiger partial charge < -0.3 is 4.90 Å². The fourth-order valence-corrected chi connectivity index (χ4v) is 2.59. The molecular formula is C14H16N4O2. The van der Waals surface area contributed by atoms with Crippen LogP contribution in [-0.4, -0.2) is 27.4 Å².